The van der Waals surface area contributed by atoms with Crippen molar-refractivity contribution in [2.75, 3.05) is 6.61 Å². The van der Waals surface area contributed by atoms with Crippen LogP contribution >= 0.6 is 0 Å². The molecule has 1 N–H and O–H groups in total. The molecular weight excluding hydrogens is 228 g/mol. The molecule has 0 radical (unpaired) electrons. The highest BCUT2D eigenvalue weighted by molar-refractivity contribution is 6.43. The number of nitro groups is 1. The Hall–Kier alpha value is -2.44. The molecule has 0 fully saturated rings. The normalized spacial score (nSPS) is 11.0. The van der Waals surface area contributed by atoms with Gasteiger partial charge in [0.25, 0.3) is 5.69 Å². The second-order valence-corrected chi connectivity index (χ2v) is 2.98. The fraction of sp³-hybridized carbons (Fsp3) is 0.200. The molecule has 0 aliphatic carbocycles. The SMILES string of the molecule is CCOC(=O)/C(=N\O)c1cccc([N+](=O)[O-])c1. The number of hydrogen-bond donors (Lipinski definition) is 1. The first kappa shape index (κ1) is 12.6. The highest BCUT2D eigenvalue weighted by Crippen LogP contribution is 2.14. The molecule has 1 aromatic carbocycles. The van der Waals surface area contributed by atoms with Crippen molar-refractivity contribution in [2.45, 2.75) is 6.92 Å². The second-order valence-electron chi connectivity index (χ2n) is 2.98. The minimum Gasteiger partial charge on any atom is -0.461 e. The van der Waals surface area contributed by atoms with Crippen LogP contribution in [0.2, 0.25) is 0 Å². The Balaban J connectivity index is 3.09. The molecule has 0 atom stereocenters. The third-order valence-electron chi connectivity index (χ3n) is 1.90. The fourth-order valence-corrected chi connectivity index (χ4v) is 1.18. The molecule has 1 aromatic rings. The number of benzene rings is 1. The largest absolute Gasteiger partial charge is 0.461 e. The van der Waals surface area contributed by atoms with Crippen molar-refractivity contribution in [1.82, 2.24) is 0 Å². The van der Waals surface area contributed by atoms with Gasteiger partial charge >= 0.3 is 5.97 Å². The summed E-state index contributed by atoms with van der Waals surface area (Å²) in [5.41, 5.74) is -0.441. The standard InChI is InChI=1S/C10H10N2O5/c1-2-17-10(13)9(11-14)7-4-3-5-8(6-7)12(15)16/h3-6,14H,2H2,1H3/b11-9-. The monoisotopic (exact) mass is 238 g/mol. The number of non-ortho nitro benzene ring substituents is 1. The van der Waals surface area contributed by atoms with Crippen LogP contribution in [0.4, 0.5) is 5.69 Å². The van der Waals surface area contributed by atoms with Crippen LogP contribution in [0.15, 0.2) is 29.4 Å². The summed E-state index contributed by atoms with van der Waals surface area (Å²) in [5, 5.41) is 22.1. The Morgan fingerprint density at radius 3 is 2.82 bits per heavy atom. The lowest BCUT2D eigenvalue weighted by Gasteiger charge is -2.03. The van der Waals surface area contributed by atoms with Crippen LogP contribution in [0.25, 0.3) is 0 Å². The summed E-state index contributed by atoms with van der Waals surface area (Å²) in [6.45, 7) is 1.72. The van der Waals surface area contributed by atoms with Gasteiger partial charge in [-0.15, -0.1) is 0 Å². The van der Waals surface area contributed by atoms with E-state index in [0.717, 1.165) is 6.07 Å². The van der Waals surface area contributed by atoms with Crippen molar-refractivity contribution in [3.8, 4) is 0 Å². The lowest BCUT2D eigenvalue weighted by atomic mass is 10.1. The molecule has 7 nitrogen and oxygen atoms in total. The van der Waals surface area contributed by atoms with Gasteiger partial charge in [-0.25, -0.2) is 4.79 Å². The highest BCUT2D eigenvalue weighted by atomic mass is 16.6. The number of carbonyl (C=O) groups excluding carboxylic acids is 1. The van der Waals surface area contributed by atoms with Gasteiger partial charge in [0, 0.05) is 17.7 Å². The zero-order valence-corrected chi connectivity index (χ0v) is 8.99. The molecule has 0 aliphatic heterocycles. The first-order valence-corrected chi connectivity index (χ1v) is 4.74. The highest BCUT2D eigenvalue weighted by Gasteiger charge is 2.18. The molecule has 0 saturated heterocycles. The van der Waals surface area contributed by atoms with Crippen LogP contribution < -0.4 is 0 Å². The van der Waals surface area contributed by atoms with Crippen molar-refractivity contribution in [1.29, 1.82) is 0 Å². The topological polar surface area (TPSA) is 102 Å². The maximum Gasteiger partial charge on any atom is 0.361 e. The van der Waals surface area contributed by atoms with Crippen LogP contribution in [0.3, 0.4) is 0 Å². The predicted octanol–water partition coefficient (Wildman–Crippen LogP) is 1.34. The zero-order chi connectivity index (χ0) is 12.8. The first-order valence-electron chi connectivity index (χ1n) is 4.74. The first-order chi connectivity index (χ1) is 8.10. The third kappa shape index (κ3) is 3.00. The molecule has 90 valence electrons. The molecule has 0 bridgehead atoms. The summed E-state index contributed by atoms with van der Waals surface area (Å²) in [6, 6.07) is 5.20. The number of oxime groups is 1. The van der Waals surface area contributed by atoms with E-state index in [1.54, 1.807) is 6.92 Å². The maximum atomic E-state index is 11.4. The van der Waals surface area contributed by atoms with E-state index in [-0.39, 0.29) is 23.6 Å². The van der Waals surface area contributed by atoms with E-state index in [9.17, 15) is 14.9 Å². The average molecular weight is 238 g/mol. The summed E-state index contributed by atoms with van der Waals surface area (Å²) >= 11 is 0. The summed E-state index contributed by atoms with van der Waals surface area (Å²) in [7, 11) is 0. The van der Waals surface area contributed by atoms with Crippen LogP contribution in [0, 0.1) is 10.1 Å². The summed E-state index contributed by atoms with van der Waals surface area (Å²) in [4.78, 5) is 21.3. The van der Waals surface area contributed by atoms with Crippen molar-refractivity contribution >= 4 is 17.4 Å². The fourth-order valence-electron chi connectivity index (χ4n) is 1.18. The molecular formula is C10H10N2O5. The van der Waals surface area contributed by atoms with E-state index in [4.69, 9.17) is 5.21 Å². The van der Waals surface area contributed by atoms with E-state index in [2.05, 4.69) is 9.89 Å². The third-order valence-corrected chi connectivity index (χ3v) is 1.90. The molecule has 0 spiro atoms. The molecule has 0 amide bonds. The Morgan fingerprint density at radius 1 is 1.59 bits per heavy atom. The number of ether oxygens (including phenoxy) is 1. The van der Waals surface area contributed by atoms with Gasteiger partial charge in [0.2, 0.25) is 0 Å². The van der Waals surface area contributed by atoms with Gasteiger partial charge in [0.15, 0.2) is 5.71 Å². The lowest BCUT2D eigenvalue weighted by molar-refractivity contribution is -0.384. The van der Waals surface area contributed by atoms with Gasteiger partial charge in [-0.3, -0.25) is 10.1 Å². The maximum absolute atomic E-state index is 11.4. The molecule has 17 heavy (non-hydrogen) atoms. The minimum atomic E-state index is -0.838. The Morgan fingerprint density at radius 2 is 2.29 bits per heavy atom. The van der Waals surface area contributed by atoms with Crippen molar-refractivity contribution in [2.24, 2.45) is 5.16 Å². The molecule has 0 aliphatic rings. The van der Waals surface area contributed by atoms with Gasteiger partial charge < -0.3 is 9.94 Å². The molecule has 0 unspecified atom stereocenters. The van der Waals surface area contributed by atoms with E-state index in [0.29, 0.717) is 0 Å². The average Bonchev–Trinajstić information content (AvgIpc) is 2.30. The lowest BCUT2D eigenvalue weighted by Crippen LogP contribution is -2.18. The molecule has 1 rings (SSSR count). The predicted molar refractivity (Wildman–Crippen MR) is 58.1 cm³/mol. The van der Waals surface area contributed by atoms with E-state index in [1.165, 1.54) is 18.2 Å². The van der Waals surface area contributed by atoms with Crippen LogP contribution in [-0.4, -0.2) is 28.4 Å². The van der Waals surface area contributed by atoms with E-state index >= 15 is 0 Å². The van der Waals surface area contributed by atoms with Crippen LogP contribution in [-0.2, 0) is 9.53 Å². The summed E-state index contributed by atoms with van der Waals surface area (Å²) < 4.78 is 4.65. The summed E-state index contributed by atoms with van der Waals surface area (Å²) in [6.07, 6.45) is 0. The second kappa shape index (κ2) is 5.59. The van der Waals surface area contributed by atoms with Gasteiger partial charge in [-0.1, -0.05) is 17.3 Å². The van der Waals surface area contributed by atoms with Gasteiger partial charge in [-0.2, -0.15) is 0 Å². The van der Waals surface area contributed by atoms with Crippen LogP contribution in [0.5, 0.6) is 0 Å². The Bertz CT molecular complexity index is 470. The van der Waals surface area contributed by atoms with E-state index in [1.807, 2.05) is 0 Å². The Labute approximate surface area is 96.5 Å². The number of nitrogens with zero attached hydrogens (tertiary/aromatic N) is 2. The molecule has 0 saturated carbocycles. The van der Waals surface area contributed by atoms with E-state index < -0.39 is 10.9 Å². The summed E-state index contributed by atoms with van der Waals surface area (Å²) in [5.74, 6) is -0.838. The number of nitro benzene ring substituents is 1. The number of rotatable bonds is 4. The molecule has 0 aromatic heterocycles. The van der Waals surface area contributed by atoms with Gasteiger partial charge in [0.1, 0.15) is 0 Å². The van der Waals surface area contributed by atoms with Gasteiger partial charge in [-0.05, 0) is 6.92 Å². The van der Waals surface area contributed by atoms with Crippen molar-refractivity contribution < 1.29 is 19.7 Å². The Kier molecular flexibility index (Phi) is 4.15. The minimum absolute atomic E-state index is 0.118. The quantitative estimate of drug-likeness (QED) is 0.280. The van der Waals surface area contributed by atoms with Crippen molar-refractivity contribution in [3.05, 3.63) is 39.9 Å². The molecule has 0 heterocycles. The number of carbonyl (C=O) groups is 1. The number of esters is 1. The zero-order valence-electron chi connectivity index (χ0n) is 8.99. The van der Waals surface area contributed by atoms with Gasteiger partial charge in [0.05, 0.1) is 11.5 Å². The number of hydrogen-bond acceptors (Lipinski definition) is 6. The van der Waals surface area contributed by atoms with Crippen molar-refractivity contribution in [3.63, 3.8) is 0 Å². The van der Waals surface area contributed by atoms with Crippen LogP contribution in [0.1, 0.15) is 12.5 Å². The smallest absolute Gasteiger partial charge is 0.361 e. The molecule has 7 heteroatoms.